The molecular formula is C29H38O4. The van der Waals surface area contributed by atoms with Crippen LogP contribution in [0.3, 0.4) is 0 Å². The van der Waals surface area contributed by atoms with Crippen molar-refractivity contribution in [2.45, 2.75) is 95.0 Å². The maximum atomic E-state index is 10.2. The molecule has 1 saturated heterocycles. The second-order valence-electron chi connectivity index (χ2n) is 10.9. The zero-order chi connectivity index (χ0) is 23.0. The first-order valence-corrected chi connectivity index (χ1v) is 12.8. The minimum Gasteiger partial charge on any atom is -0.394 e. The SMILES string of the molecule is Cc1ccc([C@@H]2CC(O)[C@H](O)C(CO)O2)cc1Cc1ccc(C2CCC3(CCC3)CC2)cc1. The Labute approximate surface area is 197 Å². The average molecular weight is 451 g/mol. The van der Waals surface area contributed by atoms with E-state index in [1.807, 2.05) is 6.07 Å². The summed E-state index contributed by atoms with van der Waals surface area (Å²) >= 11 is 0. The van der Waals surface area contributed by atoms with Gasteiger partial charge in [-0.3, -0.25) is 0 Å². The molecule has 2 unspecified atom stereocenters. The van der Waals surface area contributed by atoms with Crippen molar-refractivity contribution in [3.05, 3.63) is 70.3 Å². The fourth-order valence-corrected chi connectivity index (χ4v) is 6.27. The van der Waals surface area contributed by atoms with Crippen molar-refractivity contribution in [1.29, 1.82) is 0 Å². The van der Waals surface area contributed by atoms with Crippen LogP contribution in [0, 0.1) is 12.3 Å². The predicted octanol–water partition coefficient (Wildman–Crippen LogP) is 4.96. The Balaban J connectivity index is 1.25. The Morgan fingerprint density at radius 3 is 2.27 bits per heavy atom. The van der Waals surface area contributed by atoms with Crippen LogP contribution in [0.5, 0.6) is 0 Å². The van der Waals surface area contributed by atoms with E-state index in [1.165, 1.54) is 67.2 Å². The van der Waals surface area contributed by atoms with Crippen LogP contribution >= 0.6 is 0 Å². The van der Waals surface area contributed by atoms with Gasteiger partial charge >= 0.3 is 0 Å². The van der Waals surface area contributed by atoms with E-state index in [1.54, 1.807) is 0 Å². The highest BCUT2D eigenvalue weighted by Gasteiger charge is 2.40. The van der Waals surface area contributed by atoms with Gasteiger partial charge in [-0.15, -0.1) is 0 Å². The van der Waals surface area contributed by atoms with Gasteiger partial charge in [0.1, 0.15) is 12.2 Å². The molecule has 0 aromatic heterocycles. The van der Waals surface area contributed by atoms with Crippen LogP contribution in [0.2, 0.25) is 0 Å². The van der Waals surface area contributed by atoms with Crippen molar-refractivity contribution in [1.82, 2.24) is 0 Å². The molecule has 4 nitrogen and oxygen atoms in total. The third-order valence-electron chi connectivity index (χ3n) is 8.80. The zero-order valence-electron chi connectivity index (χ0n) is 19.7. The molecule has 178 valence electrons. The molecule has 4 atom stereocenters. The zero-order valence-corrected chi connectivity index (χ0v) is 19.7. The third kappa shape index (κ3) is 4.77. The molecule has 2 saturated carbocycles. The Kier molecular flexibility index (Phi) is 6.63. The standard InChI is InChI=1S/C29H38O4/c1-19-3-6-23(26-17-25(31)28(32)27(18-30)33-26)16-24(19)15-20-4-7-21(8-5-20)22-9-13-29(14-10-22)11-2-12-29/h3-8,16,22,25-28,30-32H,2,9-15,17-18H2,1H3/t25?,26-,27?,28-/m0/s1. The fourth-order valence-electron chi connectivity index (χ4n) is 6.27. The summed E-state index contributed by atoms with van der Waals surface area (Å²) in [6.45, 7) is 1.82. The van der Waals surface area contributed by atoms with Crippen molar-refractivity contribution in [3.63, 3.8) is 0 Å². The van der Waals surface area contributed by atoms with Crippen LogP contribution in [0.15, 0.2) is 42.5 Å². The molecule has 4 heteroatoms. The van der Waals surface area contributed by atoms with Gasteiger partial charge < -0.3 is 20.1 Å². The fraction of sp³-hybridized carbons (Fsp3) is 0.586. The quantitative estimate of drug-likeness (QED) is 0.602. The molecule has 3 fully saturated rings. The first kappa shape index (κ1) is 23.0. The molecule has 3 aliphatic rings. The Hall–Kier alpha value is -1.72. The maximum Gasteiger partial charge on any atom is 0.110 e. The van der Waals surface area contributed by atoms with E-state index in [0.29, 0.717) is 11.8 Å². The summed E-state index contributed by atoms with van der Waals surface area (Å²) in [5, 5.41) is 29.7. The molecule has 1 aliphatic heterocycles. The lowest BCUT2D eigenvalue weighted by molar-refractivity contribution is -0.181. The highest BCUT2D eigenvalue weighted by molar-refractivity contribution is 5.37. The number of ether oxygens (including phenoxy) is 1. The molecular weight excluding hydrogens is 412 g/mol. The molecule has 33 heavy (non-hydrogen) atoms. The number of aryl methyl sites for hydroxylation is 1. The van der Waals surface area contributed by atoms with E-state index < -0.39 is 18.3 Å². The molecule has 2 aromatic rings. The summed E-state index contributed by atoms with van der Waals surface area (Å²) in [4.78, 5) is 0. The summed E-state index contributed by atoms with van der Waals surface area (Å²) in [7, 11) is 0. The topological polar surface area (TPSA) is 69.9 Å². The molecule has 1 spiro atoms. The predicted molar refractivity (Wildman–Crippen MR) is 129 cm³/mol. The molecule has 2 aromatic carbocycles. The van der Waals surface area contributed by atoms with Crippen LogP contribution in [0.1, 0.15) is 91.2 Å². The summed E-state index contributed by atoms with van der Waals surface area (Å²) in [6, 6.07) is 15.5. The second kappa shape index (κ2) is 9.50. The molecule has 3 N–H and O–H groups in total. The minimum atomic E-state index is -1.04. The number of aliphatic hydroxyl groups excluding tert-OH is 3. The van der Waals surface area contributed by atoms with Gasteiger partial charge in [-0.2, -0.15) is 0 Å². The highest BCUT2D eigenvalue weighted by atomic mass is 16.5. The number of benzene rings is 2. The normalized spacial score (nSPS) is 29.7. The lowest BCUT2D eigenvalue weighted by Crippen LogP contribution is -2.47. The lowest BCUT2D eigenvalue weighted by atomic mass is 9.58. The van der Waals surface area contributed by atoms with E-state index in [0.717, 1.165) is 17.9 Å². The van der Waals surface area contributed by atoms with E-state index in [9.17, 15) is 15.3 Å². The van der Waals surface area contributed by atoms with Gasteiger partial charge in [0.05, 0.1) is 18.8 Å². The average Bonchev–Trinajstić information content (AvgIpc) is 2.82. The van der Waals surface area contributed by atoms with Gasteiger partial charge in [-0.1, -0.05) is 48.9 Å². The summed E-state index contributed by atoms with van der Waals surface area (Å²) in [5.41, 5.74) is 6.98. The maximum absolute atomic E-state index is 10.2. The van der Waals surface area contributed by atoms with Crippen LogP contribution in [0.25, 0.3) is 0 Å². The Morgan fingerprint density at radius 2 is 1.64 bits per heavy atom. The molecule has 5 rings (SSSR count). The van der Waals surface area contributed by atoms with Crippen molar-refractivity contribution < 1.29 is 20.1 Å². The van der Waals surface area contributed by atoms with E-state index in [2.05, 4.69) is 43.3 Å². The highest BCUT2D eigenvalue weighted by Crippen LogP contribution is 2.54. The summed E-state index contributed by atoms with van der Waals surface area (Å²) in [5.74, 6) is 0.722. The van der Waals surface area contributed by atoms with Crippen LogP contribution in [0.4, 0.5) is 0 Å². The van der Waals surface area contributed by atoms with E-state index in [-0.39, 0.29) is 12.7 Å². The van der Waals surface area contributed by atoms with Crippen molar-refractivity contribution in [2.75, 3.05) is 6.61 Å². The Bertz CT molecular complexity index is 939. The number of hydrogen-bond acceptors (Lipinski definition) is 4. The molecule has 2 aliphatic carbocycles. The monoisotopic (exact) mass is 450 g/mol. The smallest absolute Gasteiger partial charge is 0.110 e. The van der Waals surface area contributed by atoms with Crippen molar-refractivity contribution in [2.24, 2.45) is 5.41 Å². The van der Waals surface area contributed by atoms with Gasteiger partial charge in [0.25, 0.3) is 0 Å². The summed E-state index contributed by atoms with van der Waals surface area (Å²) in [6.07, 6.45) is 8.05. The minimum absolute atomic E-state index is 0.304. The van der Waals surface area contributed by atoms with Crippen LogP contribution in [-0.4, -0.2) is 40.2 Å². The lowest BCUT2D eigenvalue weighted by Gasteiger charge is -2.47. The third-order valence-corrected chi connectivity index (χ3v) is 8.80. The molecule has 1 heterocycles. The van der Waals surface area contributed by atoms with E-state index >= 15 is 0 Å². The second-order valence-corrected chi connectivity index (χ2v) is 10.9. The molecule has 0 bridgehead atoms. The number of rotatable bonds is 5. The number of aliphatic hydroxyl groups is 3. The van der Waals surface area contributed by atoms with Crippen LogP contribution in [-0.2, 0) is 11.2 Å². The van der Waals surface area contributed by atoms with Gasteiger partial charge in [-0.25, -0.2) is 0 Å². The van der Waals surface area contributed by atoms with Crippen LogP contribution < -0.4 is 0 Å². The van der Waals surface area contributed by atoms with Crippen molar-refractivity contribution in [3.8, 4) is 0 Å². The molecule has 0 radical (unpaired) electrons. The van der Waals surface area contributed by atoms with Crippen molar-refractivity contribution >= 4 is 0 Å². The first-order chi connectivity index (χ1) is 16.0. The van der Waals surface area contributed by atoms with E-state index in [4.69, 9.17) is 4.74 Å². The van der Waals surface area contributed by atoms with Gasteiger partial charge in [-0.05, 0) is 91.0 Å². The van der Waals surface area contributed by atoms with Gasteiger partial charge in [0, 0.05) is 6.42 Å². The largest absolute Gasteiger partial charge is 0.394 e. The number of hydrogen-bond donors (Lipinski definition) is 3. The van der Waals surface area contributed by atoms with Gasteiger partial charge in [0.2, 0.25) is 0 Å². The summed E-state index contributed by atoms with van der Waals surface area (Å²) < 4.78 is 5.90. The van der Waals surface area contributed by atoms with Gasteiger partial charge in [0.15, 0.2) is 0 Å². The Morgan fingerprint density at radius 1 is 0.939 bits per heavy atom. The molecule has 0 amide bonds. The first-order valence-electron chi connectivity index (χ1n) is 12.8.